The summed E-state index contributed by atoms with van der Waals surface area (Å²) in [7, 11) is 0. The van der Waals surface area contributed by atoms with E-state index >= 15 is 0 Å². The standard InChI is InChI=1S/C16H16N2O2/c1-11-3-2-8-17-16(11)10-20-13-5-6-14-12(9-13)4-7-15(14)18-19/h2-3,5-6,8-9,19H,4,7,10H2,1H3/b18-15+. The first-order chi connectivity index (χ1) is 9.78. The molecule has 0 amide bonds. The Morgan fingerprint density at radius 2 is 2.20 bits per heavy atom. The smallest absolute Gasteiger partial charge is 0.130 e. The third kappa shape index (κ3) is 2.37. The highest BCUT2D eigenvalue weighted by molar-refractivity contribution is 6.04. The highest BCUT2D eigenvalue weighted by atomic mass is 16.5. The van der Waals surface area contributed by atoms with E-state index in [9.17, 15) is 0 Å². The Morgan fingerprint density at radius 3 is 3.00 bits per heavy atom. The number of aryl methyl sites for hydroxylation is 2. The number of oxime groups is 1. The second-order valence-electron chi connectivity index (χ2n) is 4.92. The molecule has 1 aromatic carbocycles. The molecule has 3 rings (SSSR count). The van der Waals surface area contributed by atoms with E-state index in [0.717, 1.165) is 41.1 Å². The number of pyridine rings is 1. The third-order valence-electron chi connectivity index (χ3n) is 3.63. The number of ether oxygens (including phenoxy) is 1. The van der Waals surface area contributed by atoms with Crippen LogP contribution in [-0.2, 0) is 13.0 Å². The number of fused-ring (bicyclic) bond motifs is 1. The highest BCUT2D eigenvalue weighted by Crippen LogP contribution is 2.27. The van der Waals surface area contributed by atoms with Gasteiger partial charge in [0, 0.05) is 11.8 Å². The maximum atomic E-state index is 8.91. The summed E-state index contributed by atoms with van der Waals surface area (Å²) in [6.07, 6.45) is 3.46. The number of rotatable bonds is 3. The van der Waals surface area contributed by atoms with E-state index < -0.39 is 0 Å². The average Bonchev–Trinajstić information content (AvgIpc) is 2.88. The van der Waals surface area contributed by atoms with Crippen LogP contribution in [0.1, 0.15) is 28.8 Å². The molecule has 1 heterocycles. The lowest BCUT2D eigenvalue weighted by Crippen LogP contribution is -2.01. The number of hydrogen-bond donors (Lipinski definition) is 1. The maximum absolute atomic E-state index is 8.91. The Balaban J connectivity index is 1.75. The number of hydrogen-bond acceptors (Lipinski definition) is 4. The fourth-order valence-electron chi connectivity index (χ4n) is 2.46. The molecule has 0 spiro atoms. The predicted molar refractivity (Wildman–Crippen MR) is 76.4 cm³/mol. The SMILES string of the molecule is Cc1cccnc1COc1ccc2c(c1)CC/C2=N\O. The fraction of sp³-hybridized carbons (Fsp3) is 0.250. The maximum Gasteiger partial charge on any atom is 0.130 e. The van der Waals surface area contributed by atoms with Gasteiger partial charge in [-0.3, -0.25) is 4.98 Å². The van der Waals surface area contributed by atoms with Crippen molar-refractivity contribution in [2.24, 2.45) is 5.16 Å². The monoisotopic (exact) mass is 268 g/mol. The molecule has 102 valence electrons. The van der Waals surface area contributed by atoms with Crippen LogP contribution in [0.5, 0.6) is 5.75 Å². The van der Waals surface area contributed by atoms with Gasteiger partial charge in [-0.1, -0.05) is 11.2 Å². The van der Waals surface area contributed by atoms with Crippen molar-refractivity contribution in [1.82, 2.24) is 4.98 Å². The van der Waals surface area contributed by atoms with Crippen molar-refractivity contribution < 1.29 is 9.94 Å². The molecular weight excluding hydrogens is 252 g/mol. The zero-order valence-electron chi connectivity index (χ0n) is 11.3. The van der Waals surface area contributed by atoms with E-state index in [4.69, 9.17) is 9.94 Å². The first-order valence-electron chi connectivity index (χ1n) is 6.65. The van der Waals surface area contributed by atoms with Crippen molar-refractivity contribution in [3.05, 3.63) is 58.9 Å². The second kappa shape index (κ2) is 5.33. The Kier molecular flexibility index (Phi) is 3.37. The summed E-state index contributed by atoms with van der Waals surface area (Å²) in [5.74, 6) is 0.827. The molecule has 2 aromatic rings. The van der Waals surface area contributed by atoms with Crippen LogP contribution in [0.25, 0.3) is 0 Å². The molecule has 4 heteroatoms. The molecule has 0 saturated carbocycles. The van der Waals surface area contributed by atoms with Crippen LogP contribution in [0.4, 0.5) is 0 Å². The van der Waals surface area contributed by atoms with Crippen LogP contribution in [0, 0.1) is 6.92 Å². The first kappa shape index (κ1) is 12.7. The molecule has 0 unspecified atom stereocenters. The normalized spacial score (nSPS) is 15.3. The number of nitrogens with zero attached hydrogens (tertiary/aromatic N) is 2. The van der Waals surface area contributed by atoms with Crippen LogP contribution in [-0.4, -0.2) is 15.9 Å². The summed E-state index contributed by atoms with van der Waals surface area (Å²) in [4.78, 5) is 4.31. The molecule has 0 radical (unpaired) electrons. The molecule has 4 nitrogen and oxygen atoms in total. The summed E-state index contributed by atoms with van der Waals surface area (Å²) in [5, 5.41) is 12.2. The lowest BCUT2D eigenvalue weighted by molar-refractivity contribution is 0.300. The van der Waals surface area contributed by atoms with Gasteiger partial charge in [0.15, 0.2) is 0 Å². The van der Waals surface area contributed by atoms with Gasteiger partial charge in [-0.2, -0.15) is 0 Å². The van der Waals surface area contributed by atoms with Crippen LogP contribution in [0.3, 0.4) is 0 Å². The number of aromatic nitrogens is 1. The van der Waals surface area contributed by atoms with Gasteiger partial charge in [0.1, 0.15) is 12.4 Å². The molecule has 0 saturated heterocycles. The Labute approximate surface area is 117 Å². The lowest BCUT2D eigenvalue weighted by atomic mass is 10.1. The van der Waals surface area contributed by atoms with E-state index in [1.807, 2.05) is 37.3 Å². The molecule has 0 atom stereocenters. The van der Waals surface area contributed by atoms with E-state index in [-0.39, 0.29) is 0 Å². The average molecular weight is 268 g/mol. The minimum absolute atomic E-state index is 0.465. The third-order valence-corrected chi connectivity index (χ3v) is 3.63. The van der Waals surface area contributed by atoms with Gasteiger partial charge in [-0.25, -0.2) is 0 Å². The summed E-state index contributed by atoms with van der Waals surface area (Å²) in [6.45, 7) is 2.49. The van der Waals surface area contributed by atoms with Gasteiger partial charge in [-0.15, -0.1) is 0 Å². The number of benzene rings is 1. The van der Waals surface area contributed by atoms with Crippen molar-refractivity contribution in [3.8, 4) is 5.75 Å². The van der Waals surface area contributed by atoms with Gasteiger partial charge >= 0.3 is 0 Å². The minimum Gasteiger partial charge on any atom is -0.487 e. The molecule has 1 N–H and O–H groups in total. The quantitative estimate of drug-likeness (QED) is 0.687. The van der Waals surface area contributed by atoms with E-state index in [2.05, 4.69) is 10.1 Å². The van der Waals surface area contributed by atoms with Crippen molar-refractivity contribution in [2.45, 2.75) is 26.4 Å². The molecule has 20 heavy (non-hydrogen) atoms. The molecule has 1 aromatic heterocycles. The summed E-state index contributed by atoms with van der Waals surface area (Å²) < 4.78 is 5.80. The first-order valence-corrected chi connectivity index (χ1v) is 6.65. The lowest BCUT2D eigenvalue weighted by Gasteiger charge is -2.09. The van der Waals surface area contributed by atoms with Crippen LogP contribution in [0.15, 0.2) is 41.7 Å². The largest absolute Gasteiger partial charge is 0.487 e. The van der Waals surface area contributed by atoms with Gasteiger partial charge < -0.3 is 9.94 Å². The van der Waals surface area contributed by atoms with Crippen molar-refractivity contribution in [1.29, 1.82) is 0 Å². The predicted octanol–water partition coefficient (Wildman–Crippen LogP) is 3.09. The van der Waals surface area contributed by atoms with Crippen molar-refractivity contribution in [2.75, 3.05) is 0 Å². The summed E-state index contributed by atoms with van der Waals surface area (Å²) in [6, 6.07) is 9.83. The summed E-state index contributed by atoms with van der Waals surface area (Å²) >= 11 is 0. The molecule has 1 aliphatic carbocycles. The molecule has 0 bridgehead atoms. The van der Waals surface area contributed by atoms with Crippen LogP contribution < -0.4 is 4.74 Å². The second-order valence-corrected chi connectivity index (χ2v) is 4.92. The minimum atomic E-state index is 0.465. The van der Waals surface area contributed by atoms with E-state index in [1.165, 1.54) is 5.56 Å². The van der Waals surface area contributed by atoms with Crippen molar-refractivity contribution >= 4 is 5.71 Å². The van der Waals surface area contributed by atoms with Gasteiger partial charge in [0.25, 0.3) is 0 Å². The summed E-state index contributed by atoms with van der Waals surface area (Å²) in [5.41, 5.74) is 5.03. The van der Waals surface area contributed by atoms with Gasteiger partial charge in [-0.05, 0) is 55.2 Å². The van der Waals surface area contributed by atoms with Crippen LogP contribution in [0.2, 0.25) is 0 Å². The van der Waals surface area contributed by atoms with Gasteiger partial charge in [0.2, 0.25) is 0 Å². The van der Waals surface area contributed by atoms with Crippen molar-refractivity contribution in [3.63, 3.8) is 0 Å². The zero-order chi connectivity index (χ0) is 13.9. The molecule has 1 aliphatic rings. The Bertz CT molecular complexity index is 665. The molecule has 0 aliphatic heterocycles. The fourth-order valence-corrected chi connectivity index (χ4v) is 2.46. The Morgan fingerprint density at radius 1 is 1.30 bits per heavy atom. The van der Waals surface area contributed by atoms with Gasteiger partial charge in [0.05, 0.1) is 11.4 Å². The zero-order valence-corrected chi connectivity index (χ0v) is 11.3. The Hall–Kier alpha value is -2.36. The highest BCUT2D eigenvalue weighted by Gasteiger charge is 2.18. The van der Waals surface area contributed by atoms with E-state index in [0.29, 0.717) is 6.61 Å². The molecule has 0 fully saturated rings. The molecular formula is C16H16N2O2. The van der Waals surface area contributed by atoms with Crippen LogP contribution >= 0.6 is 0 Å². The van der Waals surface area contributed by atoms with E-state index in [1.54, 1.807) is 6.20 Å². The topological polar surface area (TPSA) is 54.7 Å².